The number of nitrogens with one attached hydrogen (secondary N) is 2. The normalized spacial score (nSPS) is 10.6. The van der Waals surface area contributed by atoms with Crippen LogP contribution in [-0.2, 0) is 4.79 Å². The van der Waals surface area contributed by atoms with E-state index in [1.807, 2.05) is 49.4 Å². The van der Waals surface area contributed by atoms with Gasteiger partial charge in [0.1, 0.15) is 5.75 Å². The molecule has 3 rings (SSSR count). The third kappa shape index (κ3) is 4.18. The van der Waals surface area contributed by atoms with Gasteiger partial charge in [-0.3, -0.25) is 15.6 Å². The summed E-state index contributed by atoms with van der Waals surface area (Å²) in [6.45, 7) is 2.04. The van der Waals surface area contributed by atoms with E-state index in [1.165, 1.54) is 28.7 Å². The molecule has 0 aliphatic rings. The molecule has 0 bridgehead atoms. The SMILES string of the molecule is COc1ccc2nc(NNC(=O)CSc3ccc(C)cc3)sc2c1. The summed E-state index contributed by atoms with van der Waals surface area (Å²) in [4.78, 5) is 17.4. The summed E-state index contributed by atoms with van der Waals surface area (Å²) in [6.07, 6.45) is 0. The number of thioether (sulfide) groups is 1. The molecule has 24 heavy (non-hydrogen) atoms. The molecule has 0 aliphatic carbocycles. The highest BCUT2D eigenvalue weighted by atomic mass is 32.2. The van der Waals surface area contributed by atoms with Crippen molar-refractivity contribution in [3.8, 4) is 5.75 Å². The average molecular weight is 359 g/mol. The predicted molar refractivity (Wildman–Crippen MR) is 99.8 cm³/mol. The van der Waals surface area contributed by atoms with E-state index in [2.05, 4.69) is 15.8 Å². The fourth-order valence-corrected chi connectivity index (χ4v) is 3.57. The number of amides is 1. The van der Waals surface area contributed by atoms with Crippen molar-refractivity contribution in [3.05, 3.63) is 48.0 Å². The van der Waals surface area contributed by atoms with E-state index in [0.717, 1.165) is 20.9 Å². The maximum absolute atomic E-state index is 11.9. The number of carbonyl (C=O) groups is 1. The van der Waals surface area contributed by atoms with Crippen LogP contribution in [0.5, 0.6) is 5.75 Å². The molecule has 2 aromatic carbocycles. The zero-order chi connectivity index (χ0) is 16.9. The largest absolute Gasteiger partial charge is 0.497 e. The van der Waals surface area contributed by atoms with Crippen molar-refractivity contribution in [2.24, 2.45) is 0 Å². The van der Waals surface area contributed by atoms with E-state index in [1.54, 1.807) is 7.11 Å². The van der Waals surface area contributed by atoms with Gasteiger partial charge in [-0.05, 0) is 37.3 Å². The fraction of sp³-hybridized carbons (Fsp3) is 0.176. The standard InChI is InChI=1S/C17H17N3O2S2/c1-11-3-6-13(7-4-11)23-10-16(21)19-20-17-18-14-8-5-12(22-2)9-15(14)24-17/h3-9H,10H2,1-2H3,(H,18,20)(H,19,21). The second-order valence-electron chi connectivity index (χ2n) is 5.13. The zero-order valence-electron chi connectivity index (χ0n) is 13.3. The molecule has 0 radical (unpaired) electrons. The van der Waals surface area contributed by atoms with Gasteiger partial charge in [0.15, 0.2) is 0 Å². The summed E-state index contributed by atoms with van der Waals surface area (Å²) in [5.74, 6) is 1.03. The van der Waals surface area contributed by atoms with Crippen molar-refractivity contribution in [2.45, 2.75) is 11.8 Å². The highest BCUT2D eigenvalue weighted by molar-refractivity contribution is 8.00. The van der Waals surface area contributed by atoms with Crippen molar-refractivity contribution < 1.29 is 9.53 Å². The van der Waals surface area contributed by atoms with E-state index in [4.69, 9.17) is 4.74 Å². The number of methoxy groups -OCH3 is 1. The van der Waals surface area contributed by atoms with Crippen LogP contribution in [0.25, 0.3) is 10.2 Å². The number of aryl methyl sites for hydroxylation is 1. The number of hydrogen-bond donors (Lipinski definition) is 2. The highest BCUT2D eigenvalue weighted by Gasteiger charge is 2.07. The summed E-state index contributed by atoms with van der Waals surface area (Å²) in [5.41, 5.74) is 7.62. The molecular formula is C17H17N3O2S2. The van der Waals surface area contributed by atoms with Crippen LogP contribution in [0, 0.1) is 6.92 Å². The molecule has 0 saturated carbocycles. The van der Waals surface area contributed by atoms with Crippen molar-refractivity contribution in [1.29, 1.82) is 0 Å². The number of benzene rings is 2. The first-order valence-electron chi connectivity index (χ1n) is 7.33. The van der Waals surface area contributed by atoms with Crippen LogP contribution in [0.4, 0.5) is 5.13 Å². The second-order valence-corrected chi connectivity index (χ2v) is 7.21. The lowest BCUT2D eigenvalue weighted by Gasteiger charge is -2.05. The summed E-state index contributed by atoms with van der Waals surface area (Å²) < 4.78 is 6.20. The molecule has 1 amide bonds. The number of ether oxygens (including phenoxy) is 1. The van der Waals surface area contributed by atoms with E-state index in [0.29, 0.717) is 10.9 Å². The number of nitrogens with zero attached hydrogens (tertiary/aromatic N) is 1. The number of fused-ring (bicyclic) bond motifs is 1. The van der Waals surface area contributed by atoms with Gasteiger partial charge in [0, 0.05) is 4.90 Å². The quantitative estimate of drug-likeness (QED) is 0.517. The fourth-order valence-electron chi connectivity index (χ4n) is 2.03. The van der Waals surface area contributed by atoms with Crippen molar-refractivity contribution in [3.63, 3.8) is 0 Å². The molecule has 1 heterocycles. The Hall–Kier alpha value is -2.25. The smallest absolute Gasteiger partial charge is 0.248 e. The van der Waals surface area contributed by atoms with Gasteiger partial charge >= 0.3 is 0 Å². The number of anilines is 1. The van der Waals surface area contributed by atoms with Crippen molar-refractivity contribution >= 4 is 44.4 Å². The van der Waals surface area contributed by atoms with Crippen LogP contribution < -0.4 is 15.6 Å². The molecule has 0 spiro atoms. The summed E-state index contributed by atoms with van der Waals surface area (Å²) in [5, 5.41) is 0.645. The first-order chi connectivity index (χ1) is 11.6. The Morgan fingerprint density at radius 3 is 2.79 bits per heavy atom. The van der Waals surface area contributed by atoms with Crippen molar-refractivity contribution in [2.75, 3.05) is 18.3 Å². The van der Waals surface area contributed by atoms with Gasteiger partial charge in [-0.1, -0.05) is 29.0 Å². The monoisotopic (exact) mass is 359 g/mol. The Balaban J connectivity index is 1.53. The highest BCUT2D eigenvalue weighted by Crippen LogP contribution is 2.28. The van der Waals surface area contributed by atoms with Gasteiger partial charge in [-0.25, -0.2) is 4.98 Å². The molecule has 0 aliphatic heterocycles. The third-order valence-electron chi connectivity index (χ3n) is 3.30. The van der Waals surface area contributed by atoms with Crippen LogP contribution in [0.2, 0.25) is 0 Å². The summed E-state index contributed by atoms with van der Waals surface area (Å²) in [7, 11) is 1.63. The lowest BCUT2D eigenvalue weighted by Crippen LogP contribution is -2.30. The van der Waals surface area contributed by atoms with Gasteiger partial charge in [0.05, 0.1) is 23.1 Å². The first-order valence-corrected chi connectivity index (χ1v) is 9.13. The molecule has 0 atom stereocenters. The van der Waals surface area contributed by atoms with Crippen LogP contribution in [0.1, 0.15) is 5.56 Å². The maximum atomic E-state index is 11.9. The van der Waals surface area contributed by atoms with Crippen LogP contribution in [-0.4, -0.2) is 23.8 Å². The summed E-state index contributed by atoms with van der Waals surface area (Å²) in [6, 6.07) is 13.8. The van der Waals surface area contributed by atoms with Crippen LogP contribution >= 0.6 is 23.1 Å². The average Bonchev–Trinajstić information content (AvgIpc) is 3.01. The Kier molecular flexibility index (Phi) is 5.22. The topological polar surface area (TPSA) is 63.2 Å². The predicted octanol–water partition coefficient (Wildman–Crippen LogP) is 3.85. The number of thiazole rings is 1. The van der Waals surface area contributed by atoms with Gasteiger partial charge in [0.2, 0.25) is 11.0 Å². The van der Waals surface area contributed by atoms with E-state index >= 15 is 0 Å². The van der Waals surface area contributed by atoms with Crippen LogP contribution in [0.15, 0.2) is 47.4 Å². The number of rotatable bonds is 6. The Morgan fingerprint density at radius 2 is 2.04 bits per heavy atom. The molecule has 0 unspecified atom stereocenters. The Bertz CT molecular complexity index is 847. The molecule has 124 valence electrons. The number of aromatic nitrogens is 1. The number of hydrazine groups is 1. The van der Waals surface area contributed by atoms with Gasteiger partial charge in [-0.15, -0.1) is 11.8 Å². The molecule has 2 N–H and O–H groups in total. The minimum Gasteiger partial charge on any atom is -0.497 e. The van der Waals surface area contributed by atoms with E-state index in [9.17, 15) is 4.79 Å². The molecule has 0 saturated heterocycles. The zero-order valence-corrected chi connectivity index (χ0v) is 15.0. The van der Waals surface area contributed by atoms with Crippen molar-refractivity contribution in [1.82, 2.24) is 10.4 Å². The first kappa shape index (κ1) is 16.6. The molecule has 1 aromatic heterocycles. The van der Waals surface area contributed by atoms with Crippen LogP contribution in [0.3, 0.4) is 0 Å². The summed E-state index contributed by atoms with van der Waals surface area (Å²) >= 11 is 2.96. The lowest BCUT2D eigenvalue weighted by molar-refractivity contribution is -0.118. The molecule has 7 heteroatoms. The van der Waals surface area contributed by atoms with Gasteiger partial charge < -0.3 is 4.74 Å². The Morgan fingerprint density at radius 1 is 1.25 bits per heavy atom. The maximum Gasteiger partial charge on any atom is 0.248 e. The minimum atomic E-state index is -0.0996. The minimum absolute atomic E-state index is 0.0996. The Labute approximate surface area is 148 Å². The molecule has 0 fully saturated rings. The molecule has 3 aromatic rings. The number of hydrogen-bond acceptors (Lipinski definition) is 6. The van der Waals surface area contributed by atoms with Gasteiger partial charge in [-0.2, -0.15) is 0 Å². The lowest BCUT2D eigenvalue weighted by atomic mass is 10.2. The second kappa shape index (κ2) is 7.55. The van der Waals surface area contributed by atoms with E-state index < -0.39 is 0 Å². The molecular weight excluding hydrogens is 342 g/mol. The third-order valence-corrected chi connectivity index (χ3v) is 5.24. The molecule has 5 nitrogen and oxygen atoms in total. The van der Waals surface area contributed by atoms with Gasteiger partial charge in [0.25, 0.3) is 0 Å². The van der Waals surface area contributed by atoms with E-state index in [-0.39, 0.29) is 5.91 Å². The number of carbonyl (C=O) groups excluding carboxylic acids is 1.